The first-order valence-electron chi connectivity index (χ1n) is 10.3. The van der Waals surface area contributed by atoms with Crippen LogP contribution >= 0.6 is 0 Å². The Bertz CT molecular complexity index is 946. The molecular formula is C23H28N4O2. The monoisotopic (exact) mass is 392 g/mol. The van der Waals surface area contributed by atoms with Crippen LogP contribution < -0.4 is 10.2 Å². The molecule has 152 valence electrons. The summed E-state index contributed by atoms with van der Waals surface area (Å²) < 4.78 is 7.53. The maximum atomic E-state index is 12.6. The van der Waals surface area contributed by atoms with E-state index in [1.807, 2.05) is 48.5 Å². The number of nitrogens with one attached hydrogen (secondary N) is 1. The molecule has 1 fully saturated rings. The van der Waals surface area contributed by atoms with E-state index in [0.717, 1.165) is 55.0 Å². The first-order valence-corrected chi connectivity index (χ1v) is 10.3. The maximum Gasteiger partial charge on any atom is 0.223 e. The minimum atomic E-state index is 0.0618. The molecule has 1 aromatic heterocycles. The summed E-state index contributed by atoms with van der Waals surface area (Å²) in [4.78, 5) is 19.8. The second-order valence-electron chi connectivity index (χ2n) is 7.51. The van der Waals surface area contributed by atoms with Crippen LogP contribution in [0.5, 0.6) is 0 Å². The van der Waals surface area contributed by atoms with E-state index in [-0.39, 0.29) is 11.8 Å². The number of benzene rings is 2. The highest BCUT2D eigenvalue weighted by atomic mass is 16.5. The number of hydrogen-bond acceptors (Lipinski definition) is 4. The largest absolute Gasteiger partial charge is 0.383 e. The Balaban J connectivity index is 1.39. The summed E-state index contributed by atoms with van der Waals surface area (Å²) in [5, 5.41) is 3.09. The fourth-order valence-corrected chi connectivity index (χ4v) is 3.98. The summed E-state index contributed by atoms with van der Waals surface area (Å²) in [5.74, 6) is 1.19. The van der Waals surface area contributed by atoms with Crippen molar-refractivity contribution in [3.63, 3.8) is 0 Å². The summed E-state index contributed by atoms with van der Waals surface area (Å²) in [6, 6.07) is 18.3. The van der Waals surface area contributed by atoms with Crippen LogP contribution in [0.25, 0.3) is 11.0 Å². The van der Waals surface area contributed by atoms with Crippen molar-refractivity contribution in [2.45, 2.75) is 25.9 Å². The molecule has 0 bridgehead atoms. The number of piperidine rings is 1. The molecule has 1 amide bonds. The van der Waals surface area contributed by atoms with E-state index in [0.29, 0.717) is 13.2 Å². The van der Waals surface area contributed by atoms with Crippen LogP contribution in [0.4, 0.5) is 5.95 Å². The molecule has 6 heteroatoms. The van der Waals surface area contributed by atoms with Crippen molar-refractivity contribution in [3.05, 3.63) is 60.2 Å². The van der Waals surface area contributed by atoms with Crippen LogP contribution in [0.2, 0.25) is 0 Å². The van der Waals surface area contributed by atoms with Gasteiger partial charge in [0.15, 0.2) is 0 Å². The fourth-order valence-electron chi connectivity index (χ4n) is 3.98. The number of anilines is 1. The predicted molar refractivity (Wildman–Crippen MR) is 115 cm³/mol. The number of carbonyl (C=O) groups is 1. The first-order chi connectivity index (χ1) is 14.3. The van der Waals surface area contributed by atoms with Crippen molar-refractivity contribution in [1.82, 2.24) is 14.9 Å². The van der Waals surface area contributed by atoms with Crippen LogP contribution in [-0.2, 0) is 22.6 Å². The lowest BCUT2D eigenvalue weighted by atomic mass is 9.96. The number of hydrogen-bond donors (Lipinski definition) is 1. The van der Waals surface area contributed by atoms with Gasteiger partial charge in [-0.2, -0.15) is 0 Å². The zero-order valence-corrected chi connectivity index (χ0v) is 16.9. The molecule has 0 radical (unpaired) electrons. The number of ether oxygens (including phenoxy) is 1. The molecular weight excluding hydrogens is 364 g/mol. The standard InChI is InChI=1S/C23H28N4O2/c1-29-16-15-27-21-10-6-5-9-20(21)25-23(27)26-13-11-19(12-14-26)22(28)24-17-18-7-3-2-4-8-18/h2-10,19H,11-17H2,1H3,(H,24,28). The van der Waals surface area contributed by atoms with Crippen molar-refractivity contribution in [2.75, 3.05) is 31.7 Å². The molecule has 1 aliphatic rings. The fraction of sp³-hybridized carbons (Fsp3) is 0.391. The van der Waals surface area contributed by atoms with E-state index in [1.54, 1.807) is 7.11 Å². The minimum Gasteiger partial charge on any atom is -0.383 e. The minimum absolute atomic E-state index is 0.0618. The third kappa shape index (κ3) is 4.43. The number of nitrogens with zero attached hydrogens (tertiary/aromatic N) is 3. The molecule has 1 N–H and O–H groups in total. The van der Waals surface area contributed by atoms with Crippen LogP contribution in [0.1, 0.15) is 18.4 Å². The number of methoxy groups -OCH3 is 1. The van der Waals surface area contributed by atoms with Crippen LogP contribution in [-0.4, -0.2) is 42.3 Å². The Morgan fingerprint density at radius 1 is 1.10 bits per heavy atom. The smallest absolute Gasteiger partial charge is 0.223 e. The molecule has 0 saturated carbocycles. The van der Waals surface area contributed by atoms with Gasteiger partial charge in [-0.1, -0.05) is 42.5 Å². The molecule has 2 aromatic carbocycles. The van der Waals surface area contributed by atoms with Gasteiger partial charge in [-0.05, 0) is 30.5 Å². The number of imidazole rings is 1. The third-order valence-corrected chi connectivity index (χ3v) is 5.61. The molecule has 0 spiro atoms. The van der Waals surface area contributed by atoms with Crippen LogP contribution in [0.3, 0.4) is 0 Å². The molecule has 1 saturated heterocycles. The van der Waals surface area contributed by atoms with Gasteiger partial charge < -0.3 is 19.5 Å². The Kier molecular flexibility index (Phi) is 6.10. The topological polar surface area (TPSA) is 59.4 Å². The number of para-hydroxylation sites is 2. The zero-order valence-electron chi connectivity index (χ0n) is 16.9. The molecule has 6 nitrogen and oxygen atoms in total. The maximum absolute atomic E-state index is 12.6. The van der Waals surface area contributed by atoms with Gasteiger partial charge >= 0.3 is 0 Å². The van der Waals surface area contributed by atoms with Gasteiger partial charge in [0.2, 0.25) is 11.9 Å². The molecule has 0 aliphatic carbocycles. The summed E-state index contributed by atoms with van der Waals surface area (Å²) in [7, 11) is 1.72. The average Bonchev–Trinajstić information content (AvgIpc) is 3.15. The highest BCUT2D eigenvalue weighted by Gasteiger charge is 2.27. The zero-order chi connectivity index (χ0) is 20.1. The second-order valence-corrected chi connectivity index (χ2v) is 7.51. The van der Waals surface area contributed by atoms with Crippen molar-refractivity contribution in [2.24, 2.45) is 5.92 Å². The summed E-state index contributed by atoms with van der Waals surface area (Å²) in [5.41, 5.74) is 3.26. The molecule has 0 unspecified atom stereocenters. The normalized spacial score (nSPS) is 15.0. The van der Waals surface area contributed by atoms with Gasteiger partial charge in [0.25, 0.3) is 0 Å². The predicted octanol–water partition coefficient (Wildman–Crippen LogP) is 3.22. The quantitative estimate of drug-likeness (QED) is 0.671. The highest BCUT2D eigenvalue weighted by Crippen LogP contribution is 2.27. The molecule has 1 aliphatic heterocycles. The summed E-state index contributed by atoms with van der Waals surface area (Å²) >= 11 is 0. The van der Waals surface area contributed by atoms with Gasteiger partial charge in [-0.25, -0.2) is 4.98 Å². The lowest BCUT2D eigenvalue weighted by Crippen LogP contribution is -2.41. The lowest BCUT2D eigenvalue weighted by molar-refractivity contribution is -0.125. The van der Waals surface area contributed by atoms with E-state index in [4.69, 9.17) is 9.72 Å². The number of amides is 1. The van der Waals surface area contributed by atoms with Crippen LogP contribution in [0, 0.1) is 5.92 Å². The van der Waals surface area contributed by atoms with Gasteiger partial charge in [0, 0.05) is 39.2 Å². The Morgan fingerprint density at radius 2 is 1.83 bits per heavy atom. The summed E-state index contributed by atoms with van der Waals surface area (Å²) in [6.45, 7) is 3.67. The lowest BCUT2D eigenvalue weighted by Gasteiger charge is -2.32. The average molecular weight is 393 g/mol. The van der Waals surface area contributed by atoms with E-state index >= 15 is 0 Å². The summed E-state index contributed by atoms with van der Waals surface area (Å²) in [6.07, 6.45) is 1.68. The van der Waals surface area contributed by atoms with Crippen molar-refractivity contribution >= 4 is 22.9 Å². The number of aromatic nitrogens is 2. The van der Waals surface area contributed by atoms with Gasteiger partial charge in [-0.15, -0.1) is 0 Å². The van der Waals surface area contributed by atoms with E-state index in [9.17, 15) is 4.79 Å². The van der Waals surface area contributed by atoms with E-state index in [2.05, 4.69) is 20.9 Å². The molecule has 0 atom stereocenters. The SMILES string of the molecule is COCCn1c(N2CCC(C(=O)NCc3ccccc3)CC2)nc2ccccc21. The first kappa shape index (κ1) is 19.5. The van der Waals surface area contributed by atoms with Gasteiger partial charge in [-0.3, -0.25) is 4.79 Å². The van der Waals surface area contributed by atoms with Gasteiger partial charge in [0.05, 0.1) is 17.6 Å². The van der Waals surface area contributed by atoms with Gasteiger partial charge in [0.1, 0.15) is 0 Å². The molecule has 2 heterocycles. The van der Waals surface area contributed by atoms with E-state index < -0.39 is 0 Å². The van der Waals surface area contributed by atoms with Crippen molar-refractivity contribution in [1.29, 1.82) is 0 Å². The molecule has 3 aromatic rings. The Morgan fingerprint density at radius 3 is 2.59 bits per heavy atom. The number of fused-ring (bicyclic) bond motifs is 1. The number of carbonyl (C=O) groups excluding carboxylic acids is 1. The van der Waals surface area contributed by atoms with Crippen LogP contribution in [0.15, 0.2) is 54.6 Å². The number of rotatable bonds is 7. The Hall–Kier alpha value is -2.86. The third-order valence-electron chi connectivity index (χ3n) is 5.61. The van der Waals surface area contributed by atoms with Crippen molar-refractivity contribution < 1.29 is 9.53 Å². The molecule has 4 rings (SSSR count). The molecule has 29 heavy (non-hydrogen) atoms. The van der Waals surface area contributed by atoms with E-state index in [1.165, 1.54) is 0 Å². The highest BCUT2D eigenvalue weighted by molar-refractivity contribution is 5.80. The van der Waals surface area contributed by atoms with Crippen molar-refractivity contribution in [3.8, 4) is 0 Å². The second kappa shape index (κ2) is 9.09. The Labute approximate surface area is 171 Å².